The van der Waals surface area contributed by atoms with E-state index in [0.717, 1.165) is 22.3 Å². The number of carbonyl (C=O) groups is 1. The fourth-order valence-electron chi connectivity index (χ4n) is 4.26. The molecule has 1 aliphatic heterocycles. The van der Waals surface area contributed by atoms with E-state index in [4.69, 9.17) is 14.2 Å². The number of rotatable bonds is 9. The topological polar surface area (TPSA) is 117 Å². The quantitative estimate of drug-likeness (QED) is 0.337. The first kappa shape index (κ1) is 24.9. The maximum atomic E-state index is 12.3. The summed E-state index contributed by atoms with van der Waals surface area (Å²) in [4.78, 5) is 12.3. The van der Waals surface area contributed by atoms with Crippen molar-refractivity contribution >= 4 is 12.0 Å². The molecular weight excluding hydrogens is 462 g/mol. The Morgan fingerprint density at radius 1 is 1.03 bits per heavy atom. The summed E-state index contributed by atoms with van der Waals surface area (Å²) < 4.78 is 17.0. The van der Waals surface area contributed by atoms with Gasteiger partial charge in [-0.3, -0.25) is 4.79 Å². The van der Waals surface area contributed by atoms with E-state index in [2.05, 4.69) is 5.32 Å². The molecule has 0 radical (unpaired) electrons. The molecule has 1 aliphatic rings. The minimum atomic E-state index is -0.504. The van der Waals surface area contributed by atoms with Crippen molar-refractivity contribution < 1.29 is 34.3 Å². The van der Waals surface area contributed by atoms with Gasteiger partial charge in [0, 0.05) is 18.2 Å². The predicted octanol–water partition coefficient (Wildman–Crippen LogP) is 3.70. The lowest BCUT2D eigenvalue weighted by molar-refractivity contribution is -0.116. The zero-order valence-electron chi connectivity index (χ0n) is 20.1. The number of aromatic hydroxyl groups is 2. The summed E-state index contributed by atoms with van der Waals surface area (Å²) in [6.45, 7) is 0.286. The van der Waals surface area contributed by atoms with Gasteiger partial charge in [0.15, 0.2) is 23.0 Å². The van der Waals surface area contributed by atoms with Gasteiger partial charge in [0.2, 0.25) is 5.91 Å². The number of aliphatic hydroxyl groups is 1. The molecule has 1 heterocycles. The number of benzene rings is 3. The highest BCUT2D eigenvalue weighted by Gasteiger charge is 2.37. The van der Waals surface area contributed by atoms with Gasteiger partial charge < -0.3 is 34.8 Å². The van der Waals surface area contributed by atoms with Crippen molar-refractivity contribution in [1.29, 1.82) is 0 Å². The molecular formula is C28H29NO7. The lowest BCUT2D eigenvalue weighted by atomic mass is 9.90. The van der Waals surface area contributed by atoms with Gasteiger partial charge in [0.05, 0.1) is 26.7 Å². The van der Waals surface area contributed by atoms with Crippen molar-refractivity contribution in [3.63, 3.8) is 0 Å². The number of hydrogen-bond donors (Lipinski definition) is 4. The Morgan fingerprint density at radius 2 is 1.78 bits per heavy atom. The Kier molecular flexibility index (Phi) is 7.65. The normalized spacial score (nSPS) is 16.4. The highest BCUT2D eigenvalue weighted by molar-refractivity contribution is 5.91. The van der Waals surface area contributed by atoms with Gasteiger partial charge in [0.25, 0.3) is 0 Å². The van der Waals surface area contributed by atoms with Crippen molar-refractivity contribution in [3.8, 4) is 28.7 Å². The molecule has 0 aliphatic carbocycles. The van der Waals surface area contributed by atoms with Crippen LogP contribution in [0, 0.1) is 0 Å². The van der Waals surface area contributed by atoms with Crippen molar-refractivity contribution in [2.24, 2.45) is 0 Å². The number of methoxy groups -OCH3 is 2. The first-order valence-corrected chi connectivity index (χ1v) is 11.5. The maximum Gasteiger partial charge on any atom is 0.244 e. The smallest absolute Gasteiger partial charge is 0.244 e. The van der Waals surface area contributed by atoms with E-state index in [1.807, 2.05) is 18.2 Å². The van der Waals surface area contributed by atoms with Crippen molar-refractivity contribution in [3.05, 3.63) is 82.9 Å². The molecule has 0 bridgehead atoms. The minimum absolute atomic E-state index is 0.0173. The zero-order valence-corrected chi connectivity index (χ0v) is 20.1. The van der Waals surface area contributed by atoms with Gasteiger partial charge in [-0.1, -0.05) is 18.2 Å². The maximum absolute atomic E-state index is 12.3. The third-order valence-electron chi connectivity index (χ3n) is 6.14. The summed E-state index contributed by atoms with van der Waals surface area (Å²) >= 11 is 0. The number of hydrogen-bond acceptors (Lipinski definition) is 7. The second-order valence-corrected chi connectivity index (χ2v) is 8.44. The molecule has 3 aromatic rings. The molecule has 4 rings (SSSR count). The average molecular weight is 492 g/mol. The molecule has 3 aromatic carbocycles. The molecule has 188 valence electrons. The summed E-state index contributed by atoms with van der Waals surface area (Å²) in [5.74, 6) is 0.946. The highest BCUT2D eigenvalue weighted by Crippen LogP contribution is 2.51. The van der Waals surface area contributed by atoms with Crippen molar-refractivity contribution in [2.45, 2.75) is 18.4 Å². The van der Waals surface area contributed by atoms with Crippen LogP contribution in [0.5, 0.6) is 28.7 Å². The van der Waals surface area contributed by atoms with Crippen molar-refractivity contribution in [1.82, 2.24) is 5.32 Å². The fraction of sp³-hybridized carbons (Fsp3) is 0.250. The molecule has 1 amide bonds. The van der Waals surface area contributed by atoms with Gasteiger partial charge >= 0.3 is 0 Å². The van der Waals surface area contributed by atoms with Crippen LogP contribution >= 0.6 is 0 Å². The van der Waals surface area contributed by atoms with Crippen LogP contribution in [0.1, 0.15) is 34.3 Å². The van der Waals surface area contributed by atoms with Crippen LogP contribution in [-0.2, 0) is 11.2 Å². The second-order valence-electron chi connectivity index (χ2n) is 8.44. The highest BCUT2D eigenvalue weighted by atomic mass is 16.5. The van der Waals surface area contributed by atoms with E-state index in [1.165, 1.54) is 26.4 Å². The number of fused-ring (bicyclic) bond motifs is 1. The summed E-state index contributed by atoms with van der Waals surface area (Å²) in [5, 5.41) is 32.3. The third-order valence-corrected chi connectivity index (χ3v) is 6.14. The lowest BCUT2D eigenvalue weighted by Gasteiger charge is -2.18. The van der Waals surface area contributed by atoms with Crippen LogP contribution in [0.3, 0.4) is 0 Å². The standard InChI is InChI=1S/C28H29NO7/c1-34-24-15-19(6-9-23(24)32)27-22(16-30)21-13-18(14-25(35-2)28(21)36-27)5-10-26(33)29-12-11-17-3-7-20(31)8-4-17/h3-10,13-15,22,27,30-32H,11-12,16H2,1-2H3,(H,29,33)/b10-5-/t22-,27+/m0/s1. The fourth-order valence-corrected chi connectivity index (χ4v) is 4.26. The summed E-state index contributed by atoms with van der Waals surface area (Å²) in [7, 11) is 3.01. The molecule has 8 nitrogen and oxygen atoms in total. The molecule has 0 aromatic heterocycles. The van der Waals surface area contributed by atoms with Crippen molar-refractivity contribution in [2.75, 3.05) is 27.4 Å². The Bertz CT molecular complexity index is 1250. The van der Waals surface area contributed by atoms with Crippen LogP contribution in [0.15, 0.2) is 60.7 Å². The zero-order chi connectivity index (χ0) is 25.7. The number of nitrogens with one attached hydrogen (secondary N) is 1. The summed E-state index contributed by atoms with van der Waals surface area (Å²) in [6, 6.07) is 15.4. The number of carbonyl (C=O) groups excluding carboxylic acids is 1. The minimum Gasteiger partial charge on any atom is -0.508 e. The number of phenolic OH excluding ortho intramolecular Hbond substituents is 2. The van der Waals surface area contributed by atoms with Crippen LogP contribution in [0.4, 0.5) is 0 Å². The lowest BCUT2D eigenvalue weighted by Crippen LogP contribution is -2.23. The van der Waals surface area contributed by atoms with Gasteiger partial charge in [0.1, 0.15) is 11.9 Å². The molecule has 2 atom stereocenters. The third kappa shape index (κ3) is 5.39. The molecule has 8 heteroatoms. The Morgan fingerprint density at radius 3 is 2.47 bits per heavy atom. The van der Waals surface area contributed by atoms with E-state index in [-0.39, 0.29) is 29.9 Å². The van der Waals surface area contributed by atoms with Crippen LogP contribution in [-0.4, -0.2) is 48.6 Å². The largest absolute Gasteiger partial charge is 0.508 e. The molecule has 0 saturated heterocycles. The van der Waals surface area contributed by atoms with Crippen LogP contribution < -0.4 is 19.5 Å². The molecule has 36 heavy (non-hydrogen) atoms. The summed E-state index contributed by atoms with van der Waals surface area (Å²) in [5.41, 5.74) is 3.25. The molecule has 0 spiro atoms. The average Bonchev–Trinajstić information content (AvgIpc) is 3.27. The molecule has 0 saturated carbocycles. The number of aliphatic hydroxyl groups excluding tert-OH is 1. The van der Waals surface area contributed by atoms with Gasteiger partial charge in [-0.15, -0.1) is 0 Å². The predicted molar refractivity (Wildman–Crippen MR) is 135 cm³/mol. The van der Waals surface area contributed by atoms with Crippen LogP contribution in [0.2, 0.25) is 0 Å². The van der Waals surface area contributed by atoms with E-state index < -0.39 is 6.10 Å². The Hall–Kier alpha value is -4.17. The first-order valence-electron chi connectivity index (χ1n) is 11.5. The second kappa shape index (κ2) is 11.0. The number of ether oxygens (including phenoxy) is 3. The SMILES string of the molecule is COc1cc([C@H]2Oc3c(OC)cc(/C=C\C(=O)NCCc4ccc(O)cc4)cc3[C@@H]2CO)ccc1O. The van der Waals surface area contributed by atoms with E-state index in [9.17, 15) is 20.1 Å². The van der Waals surface area contributed by atoms with E-state index in [1.54, 1.807) is 36.4 Å². The Balaban J connectivity index is 1.49. The van der Waals surface area contributed by atoms with Gasteiger partial charge in [-0.25, -0.2) is 0 Å². The van der Waals surface area contributed by atoms with Crippen LogP contribution in [0.25, 0.3) is 6.08 Å². The van der Waals surface area contributed by atoms with Gasteiger partial charge in [-0.2, -0.15) is 0 Å². The van der Waals surface area contributed by atoms with Gasteiger partial charge in [-0.05, 0) is 65.6 Å². The number of phenols is 2. The monoisotopic (exact) mass is 491 g/mol. The molecule has 4 N–H and O–H groups in total. The van der Waals surface area contributed by atoms with E-state index in [0.29, 0.717) is 30.2 Å². The Labute approximate surface area is 209 Å². The number of amides is 1. The summed E-state index contributed by atoms with van der Waals surface area (Å²) in [6.07, 6.45) is 3.27. The molecule has 0 fully saturated rings. The first-order chi connectivity index (χ1) is 17.4. The van der Waals surface area contributed by atoms with E-state index >= 15 is 0 Å². The molecule has 0 unspecified atom stereocenters.